The van der Waals surface area contributed by atoms with Crippen LogP contribution in [0, 0.1) is 5.92 Å². The number of nitrogens with two attached hydrogens (primary N) is 1. The highest BCUT2D eigenvalue weighted by molar-refractivity contribution is 5.64. The molecule has 0 radical (unpaired) electrons. The molecule has 1 aliphatic rings. The van der Waals surface area contributed by atoms with Gasteiger partial charge in [-0.1, -0.05) is 6.92 Å². The Morgan fingerprint density at radius 2 is 2.36 bits per heavy atom. The number of nitrogen functional groups attached to an aromatic ring is 1. The zero-order valence-corrected chi connectivity index (χ0v) is 8.53. The van der Waals surface area contributed by atoms with Gasteiger partial charge in [0.15, 0.2) is 0 Å². The van der Waals surface area contributed by atoms with Crippen molar-refractivity contribution in [1.82, 2.24) is 4.98 Å². The zero-order chi connectivity index (χ0) is 9.97. The molecule has 1 saturated carbocycles. The molecule has 1 aromatic rings. The number of nitrogens with zero attached hydrogens (tertiary/aromatic N) is 1. The minimum Gasteiger partial charge on any atom is -0.396 e. The Balaban J connectivity index is 2.01. The van der Waals surface area contributed by atoms with E-state index in [1.807, 2.05) is 6.07 Å². The third kappa shape index (κ3) is 1.97. The summed E-state index contributed by atoms with van der Waals surface area (Å²) >= 11 is 0. The zero-order valence-electron chi connectivity index (χ0n) is 8.53. The summed E-state index contributed by atoms with van der Waals surface area (Å²) in [5.74, 6) is 0.843. The molecule has 1 aromatic heterocycles. The molecule has 1 aliphatic carbocycles. The molecule has 2 rings (SSSR count). The number of anilines is 2. The van der Waals surface area contributed by atoms with Crippen molar-refractivity contribution in [3.63, 3.8) is 0 Å². The van der Waals surface area contributed by atoms with E-state index in [1.54, 1.807) is 12.4 Å². The van der Waals surface area contributed by atoms with Crippen molar-refractivity contribution in [2.45, 2.75) is 32.2 Å². The van der Waals surface area contributed by atoms with Crippen molar-refractivity contribution in [3.05, 3.63) is 18.5 Å². The summed E-state index contributed by atoms with van der Waals surface area (Å²) in [5.41, 5.74) is 7.58. The maximum atomic E-state index is 5.81. The van der Waals surface area contributed by atoms with Gasteiger partial charge in [0.2, 0.25) is 0 Å². The lowest BCUT2D eigenvalue weighted by Crippen LogP contribution is -2.16. The molecular formula is C11H17N3. The Bertz CT molecular complexity index is 311. The first kappa shape index (κ1) is 9.31. The lowest BCUT2D eigenvalue weighted by Gasteiger charge is -2.15. The summed E-state index contributed by atoms with van der Waals surface area (Å²) in [5, 5.41) is 3.47. The van der Waals surface area contributed by atoms with Crippen molar-refractivity contribution >= 4 is 11.4 Å². The molecule has 3 N–H and O–H groups in total. The predicted molar refractivity (Wildman–Crippen MR) is 59.1 cm³/mol. The lowest BCUT2D eigenvalue weighted by molar-refractivity contribution is 0.602. The van der Waals surface area contributed by atoms with E-state index in [-0.39, 0.29) is 0 Å². The van der Waals surface area contributed by atoms with E-state index < -0.39 is 0 Å². The Labute approximate surface area is 84.7 Å². The number of hydrogen-bond acceptors (Lipinski definition) is 3. The van der Waals surface area contributed by atoms with E-state index in [2.05, 4.69) is 17.2 Å². The SMILES string of the molecule is CC1CCC(Nc2ccncc2N)C1. The van der Waals surface area contributed by atoms with Gasteiger partial charge in [0, 0.05) is 12.2 Å². The number of rotatable bonds is 2. The largest absolute Gasteiger partial charge is 0.396 e. The average Bonchev–Trinajstić information content (AvgIpc) is 2.56. The van der Waals surface area contributed by atoms with Crippen molar-refractivity contribution in [2.24, 2.45) is 5.92 Å². The first-order valence-electron chi connectivity index (χ1n) is 5.21. The van der Waals surface area contributed by atoms with Gasteiger partial charge in [-0.25, -0.2) is 0 Å². The lowest BCUT2D eigenvalue weighted by atomic mass is 10.1. The molecule has 1 fully saturated rings. The standard InChI is InChI=1S/C11H17N3/c1-8-2-3-9(6-8)14-11-4-5-13-7-10(11)12/h4-5,7-9H,2-3,6,12H2,1H3,(H,13,14). The van der Waals surface area contributed by atoms with Crippen LogP contribution >= 0.6 is 0 Å². The number of nitrogens with one attached hydrogen (secondary N) is 1. The summed E-state index contributed by atoms with van der Waals surface area (Å²) in [6.07, 6.45) is 7.30. The molecule has 1 heterocycles. The smallest absolute Gasteiger partial charge is 0.0736 e. The highest BCUT2D eigenvalue weighted by Gasteiger charge is 2.21. The predicted octanol–water partition coefficient (Wildman–Crippen LogP) is 2.26. The van der Waals surface area contributed by atoms with Crippen molar-refractivity contribution in [1.29, 1.82) is 0 Å². The van der Waals surface area contributed by atoms with E-state index in [0.717, 1.165) is 17.3 Å². The van der Waals surface area contributed by atoms with Crippen LogP contribution < -0.4 is 11.1 Å². The third-order valence-electron chi connectivity index (χ3n) is 2.91. The van der Waals surface area contributed by atoms with Crippen molar-refractivity contribution < 1.29 is 0 Å². The fourth-order valence-electron chi connectivity index (χ4n) is 2.10. The number of aromatic nitrogens is 1. The van der Waals surface area contributed by atoms with Crippen LogP contribution in [0.5, 0.6) is 0 Å². The summed E-state index contributed by atoms with van der Waals surface area (Å²) in [4.78, 5) is 3.97. The Morgan fingerprint density at radius 1 is 1.50 bits per heavy atom. The molecule has 3 heteroatoms. The van der Waals surface area contributed by atoms with E-state index in [1.165, 1.54) is 19.3 Å². The topological polar surface area (TPSA) is 50.9 Å². The van der Waals surface area contributed by atoms with Gasteiger partial charge in [-0.3, -0.25) is 4.98 Å². The molecular weight excluding hydrogens is 174 g/mol. The van der Waals surface area contributed by atoms with Crippen LogP contribution in [0.3, 0.4) is 0 Å². The minimum absolute atomic E-state index is 0.592. The highest BCUT2D eigenvalue weighted by Crippen LogP contribution is 2.28. The Hall–Kier alpha value is -1.25. The fourth-order valence-corrected chi connectivity index (χ4v) is 2.10. The molecule has 0 amide bonds. The maximum absolute atomic E-state index is 5.81. The van der Waals surface area contributed by atoms with Gasteiger partial charge in [-0.2, -0.15) is 0 Å². The second kappa shape index (κ2) is 3.86. The molecule has 0 aliphatic heterocycles. The molecule has 0 aromatic carbocycles. The monoisotopic (exact) mass is 191 g/mol. The van der Waals surface area contributed by atoms with Gasteiger partial charge in [-0.15, -0.1) is 0 Å². The summed E-state index contributed by atoms with van der Waals surface area (Å²) in [6.45, 7) is 2.30. The van der Waals surface area contributed by atoms with Gasteiger partial charge in [-0.05, 0) is 31.2 Å². The van der Waals surface area contributed by atoms with Gasteiger partial charge in [0.05, 0.1) is 17.6 Å². The van der Waals surface area contributed by atoms with Gasteiger partial charge >= 0.3 is 0 Å². The summed E-state index contributed by atoms with van der Waals surface area (Å²) < 4.78 is 0. The van der Waals surface area contributed by atoms with Crippen molar-refractivity contribution in [2.75, 3.05) is 11.1 Å². The van der Waals surface area contributed by atoms with Crippen molar-refractivity contribution in [3.8, 4) is 0 Å². The molecule has 76 valence electrons. The van der Waals surface area contributed by atoms with E-state index in [9.17, 15) is 0 Å². The van der Waals surface area contributed by atoms with Crippen LogP contribution in [0.1, 0.15) is 26.2 Å². The van der Waals surface area contributed by atoms with Crippen LogP contribution in [-0.4, -0.2) is 11.0 Å². The first-order chi connectivity index (χ1) is 6.75. The maximum Gasteiger partial charge on any atom is 0.0736 e. The second-order valence-corrected chi connectivity index (χ2v) is 4.22. The normalized spacial score (nSPS) is 26.4. The summed E-state index contributed by atoms with van der Waals surface area (Å²) in [7, 11) is 0. The first-order valence-corrected chi connectivity index (χ1v) is 5.21. The minimum atomic E-state index is 0.592. The number of pyridine rings is 1. The second-order valence-electron chi connectivity index (χ2n) is 4.22. The van der Waals surface area contributed by atoms with Gasteiger partial charge < -0.3 is 11.1 Å². The van der Waals surface area contributed by atoms with Crippen LogP contribution in [0.4, 0.5) is 11.4 Å². The molecule has 2 atom stereocenters. The van der Waals surface area contributed by atoms with E-state index >= 15 is 0 Å². The number of hydrogen-bond donors (Lipinski definition) is 2. The molecule has 3 nitrogen and oxygen atoms in total. The van der Waals surface area contributed by atoms with Crippen LogP contribution in [-0.2, 0) is 0 Å². The third-order valence-corrected chi connectivity index (χ3v) is 2.91. The van der Waals surface area contributed by atoms with Crippen LogP contribution in [0.15, 0.2) is 18.5 Å². The van der Waals surface area contributed by atoms with Gasteiger partial charge in [0.25, 0.3) is 0 Å². The Kier molecular flexibility index (Phi) is 2.57. The van der Waals surface area contributed by atoms with E-state index in [0.29, 0.717) is 6.04 Å². The fraction of sp³-hybridized carbons (Fsp3) is 0.545. The molecule has 0 saturated heterocycles. The molecule has 2 unspecified atom stereocenters. The summed E-state index contributed by atoms with van der Waals surface area (Å²) in [6, 6.07) is 2.54. The molecule has 0 spiro atoms. The van der Waals surface area contributed by atoms with Gasteiger partial charge in [0.1, 0.15) is 0 Å². The highest BCUT2D eigenvalue weighted by atomic mass is 14.9. The quantitative estimate of drug-likeness (QED) is 0.754. The average molecular weight is 191 g/mol. The molecule has 14 heavy (non-hydrogen) atoms. The van der Waals surface area contributed by atoms with E-state index in [4.69, 9.17) is 5.73 Å². The van der Waals surface area contributed by atoms with Crippen LogP contribution in [0.25, 0.3) is 0 Å². The van der Waals surface area contributed by atoms with Crippen LogP contribution in [0.2, 0.25) is 0 Å². The Morgan fingerprint density at radius 3 is 3.00 bits per heavy atom. The molecule has 0 bridgehead atoms.